The second-order valence-corrected chi connectivity index (χ2v) is 6.65. The number of primary amides is 1. The van der Waals surface area contributed by atoms with Crippen LogP contribution >= 0.6 is 0 Å². The van der Waals surface area contributed by atoms with Crippen molar-refractivity contribution in [3.8, 4) is 0 Å². The lowest BCUT2D eigenvalue weighted by atomic mass is 9.87. The fourth-order valence-corrected chi connectivity index (χ4v) is 3.70. The maximum atomic E-state index is 12.3. The molecule has 1 aliphatic heterocycles. The van der Waals surface area contributed by atoms with Gasteiger partial charge < -0.3 is 16.0 Å². The Kier molecular flexibility index (Phi) is 4.96. The Labute approximate surface area is 137 Å². The molecule has 1 aromatic rings. The molecule has 1 aliphatic carbocycles. The van der Waals surface area contributed by atoms with Crippen LogP contribution in [0.4, 0.5) is 0 Å². The molecule has 2 amide bonds. The van der Waals surface area contributed by atoms with Gasteiger partial charge >= 0.3 is 0 Å². The maximum absolute atomic E-state index is 12.3. The van der Waals surface area contributed by atoms with E-state index in [2.05, 4.69) is 28.4 Å². The van der Waals surface area contributed by atoms with Gasteiger partial charge in [-0.05, 0) is 43.4 Å². The van der Waals surface area contributed by atoms with E-state index in [4.69, 9.17) is 5.73 Å². The van der Waals surface area contributed by atoms with Crippen LogP contribution in [0.2, 0.25) is 0 Å². The molecule has 2 aliphatic rings. The SMILES string of the molecule is NC(=O)[C@H]1CCN(CCC(=O)N[C@H]2CCCc3ccccc32)C1. The molecular formula is C18H25N3O2. The standard InChI is InChI=1S/C18H25N3O2/c19-18(23)14-8-10-21(12-14)11-9-17(22)20-16-7-3-5-13-4-1-2-6-15(13)16/h1-2,4,6,14,16H,3,5,7-12H2,(H2,19,23)(H,20,22)/t14-,16-/m0/s1. The number of amides is 2. The first-order valence-corrected chi connectivity index (χ1v) is 8.52. The molecule has 5 nitrogen and oxygen atoms in total. The van der Waals surface area contributed by atoms with E-state index < -0.39 is 0 Å². The first kappa shape index (κ1) is 16.0. The highest BCUT2D eigenvalue weighted by atomic mass is 16.2. The summed E-state index contributed by atoms with van der Waals surface area (Å²) in [6.45, 7) is 2.24. The Hall–Kier alpha value is -1.88. The van der Waals surface area contributed by atoms with Crippen molar-refractivity contribution in [1.82, 2.24) is 10.2 Å². The number of nitrogens with zero attached hydrogens (tertiary/aromatic N) is 1. The highest BCUT2D eigenvalue weighted by Crippen LogP contribution is 2.29. The molecule has 0 bridgehead atoms. The van der Waals surface area contributed by atoms with Crippen molar-refractivity contribution in [2.75, 3.05) is 19.6 Å². The zero-order valence-electron chi connectivity index (χ0n) is 13.5. The number of hydrogen-bond acceptors (Lipinski definition) is 3. The van der Waals surface area contributed by atoms with Crippen LogP contribution in [-0.4, -0.2) is 36.3 Å². The van der Waals surface area contributed by atoms with E-state index in [0.29, 0.717) is 19.5 Å². The van der Waals surface area contributed by atoms with Crippen molar-refractivity contribution in [1.29, 1.82) is 0 Å². The normalized spacial score (nSPS) is 24.2. The number of hydrogen-bond donors (Lipinski definition) is 2. The van der Waals surface area contributed by atoms with Crippen LogP contribution in [-0.2, 0) is 16.0 Å². The molecule has 124 valence electrons. The molecule has 1 heterocycles. The lowest BCUT2D eigenvalue weighted by Gasteiger charge is -2.26. The minimum Gasteiger partial charge on any atom is -0.369 e. The molecule has 0 aromatic heterocycles. The molecule has 2 atom stereocenters. The van der Waals surface area contributed by atoms with Crippen molar-refractivity contribution in [3.63, 3.8) is 0 Å². The molecule has 23 heavy (non-hydrogen) atoms. The van der Waals surface area contributed by atoms with E-state index in [9.17, 15) is 9.59 Å². The number of likely N-dealkylation sites (tertiary alicyclic amines) is 1. The summed E-state index contributed by atoms with van der Waals surface area (Å²) in [6.07, 6.45) is 4.52. The monoisotopic (exact) mass is 315 g/mol. The third kappa shape index (κ3) is 3.91. The van der Waals surface area contributed by atoms with Crippen molar-refractivity contribution >= 4 is 11.8 Å². The van der Waals surface area contributed by atoms with E-state index in [1.54, 1.807) is 0 Å². The summed E-state index contributed by atoms with van der Waals surface area (Å²) in [5.74, 6) is -0.187. The molecule has 0 unspecified atom stereocenters. The van der Waals surface area contributed by atoms with Crippen molar-refractivity contribution in [2.45, 2.75) is 38.1 Å². The zero-order valence-corrected chi connectivity index (χ0v) is 13.5. The summed E-state index contributed by atoms with van der Waals surface area (Å²) in [5, 5.41) is 3.18. The number of nitrogens with one attached hydrogen (secondary N) is 1. The molecule has 1 fully saturated rings. The van der Waals surface area contributed by atoms with Gasteiger partial charge in [-0.2, -0.15) is 0 Å². The Morgan fingerprint density at radius 3 is 2.87 bits per heavy atom. The Morgan fingerprint density at radius 2 is 2.09 bits per heavy atom. The van der Waals surface area contributed by atoms with Crippen LogP contribution in [0, 0.1) is 5.92 Å². The van der Waals surface area contributed by atoms with Gasteiger partial charge in [0.15, 0.2) is 0 Å². The number of carbonyl (C=O) groups is 2. The van der Waals surface area contributed by atoms with E-state index in [1.807, 2.05) is 6.07 Å². The molecule has 0 spiro atoms. The van der Waals surface area contributed by atoms with Gasteiger partial charge in [-0.3, -0.25) is 9.59 Å². The molecule has 5 heteroatoms. The van der Waals surface area contributed by atoms with Crippen LogP contribution < -0.4 is 11.1 Å². The molecule has 0 radical (unpaired) electrons. The second-order valence-electron chi connectivity index (χ2n) is 6.65. The third-order valence-electron chi connectivity index (χ3n) is 5.03. The minimum absolute atomic E-state index is 0.0525. The number of nitrogens with two attached hydrogens (primary N) is 1. The van der Waals surface area contributed by atoms with Gasteiger partial charge in [0.05, 0.1) is 12.0 Å². The molecule has 3 rings (SSSR count). The molecule has 1 saturated heterocycles. The predicted molar refractivity (Wildman–Crippen MR) is 88.6 cm³/mol. The lowest BCUT2D eigenvalue weighted by Crippen LogP contribution is -2.34. The number of rotatable bonds is 5. The van der Waals surface area contributed by atoms with Gasteiger partial charge in [0.25, 0.3) is 0 Å². The highest BCUT2D eigenvalue weighted by molar-refractivity contribution is 5.77. The van der Waals surface area contributed by atoms with Crippen LogP contribution in [0.15, 0.2) is 24.3 Å². The quantitative estimate of drug-likeness (QED) is 0.862. The van der Waals surface area contributed by atoms with Crippen molar-refractivity contribution in [3.05, 3.63) is 35.4 Å². The number of carbonyl (C=O) groups excluding carboxylic acids is 2. The van der Waals surface area contributed by atoms with E-state index in [0.717, 1.165) is 32.2 Å². The van der Waals surface area contributed by atoms with Crippen LogP contribution in [0.5, 0.6) is 0 Å². The Bertz CT molecular complexity index is 587. The average molecular weight is 315 g/mol. The summed E-state index contributed by atoms with van der Waals surface area (Å²) in [6, 6.07) is 8.52. The molecular weight excluding hydrogens is 290 g/mol. The molecule has 3 N–H and O–H groups in total. The van der Waals surface area contributed by atoms with Crippen LogP contribution in [0.3, 0.4) is 0 Å². The van der Waals surface area contributed by atoms with Gasteiger partial charge in [-0.1, -0.05) is 24.3 Å². The van der Waals surface area contributed by atoms with E-state index in [1.165, 1.54) is 11.1 Å². The average Bonchev–Trinajstić information content (AvgIpc) is 3.03. The summed E-state index contributed by atoms with van der Waals surface area (Å²) < 4.78 is 0. The predicted octanol–water partition coefficient (Wildman–Crippen LogP) is 1.38. The highest BCUT2D eigenvalue weighted by Gasteiger charge is 2.27. The Morgan fingerprint density at radius 1 is 1.26 bits per heavy atom. The number of fused-ring (bicyclic) bond motifs is 1. The summed E-state index contributed by atoms with van der Waals surface area (Å²) in [4.78, 5) is 25.6. The van der Waals surface area contributed by atoms with Gasteiger partial charge in [-0.15, -0.1) is 0 Å². The fraction of sp³-hybridized carbons (Fsp3) is 0.556. The summed E-state index contributed by atoms with van der Waals surface area (Å²) in [7, 11) is 0. The van der Waals surface area contributed by atoms with Crippen LogP contribution in [0.1, 0.15) is 42.9 Å². The van der Waals surface area contributed by atoms with Gasteiger partial charge in [0, 0.05) is 19.5 Å². The third-order valence-corrected chi connectivity index (χ3v) is 5.03. The first-order valence-electron chi connectivity index (χ1n) is 8.52. The maximum Gasteiger partial charge on any atom is 0.221 e. The lowest BCUT2D eigenvalue weighted by molar-refractivity contribution is -0.122. The van der Waals surface area contributed by atoms with E-state index >= 15 is 0 Å². The van der Waals surface area contributed by atoms with Crippen LogP contribution in [0.25, 0.3) is 0 Å². The second kappa shape index (κ2) is 7.13. The van der Waals surface area contributed by atoms with Crippen molar-refractivity contribution in [2.24, 2.45) is 11.7 Å². The zero-order chi connectivity index (χ0) is 16.2. The van der Waals surface area contributed by atoms with Gasteiger partial charge in [-0.25, -0.2) is 0 Å². The number of benzene rings is 1. The first-order chi connectivity index (χ1) is 11.1. The number of aryl methyl sites for hydroxylation is 1. The molecule has 1 aromatic carbocycles. The molecule has 0 saturated carbocycles. The van der Waals surface area contributed by atoms with Gasteiger partial charge in [0.1, 0.15) is 0 Å². The Balaban J connectivity index is 1.48. The summed E-state index contributed by atoms with van der Waals surface area (Å²) in [5.41, 5.74) is 7.96. The summed E-state index contributed by atoms with van der Waals surface area (Å²) >= 11 is 0. The smallest absolute Gasteiger partial charge is 0.221 e. The fourth-order valence-electron chi connectivity index (χ4n) is 3.70. The van der Waals surface area contributed by atoms with E-state index in [-0.39, 0.29) is 23.8 Å². The van der Waals surface area contributed by atoms with Gasteiger partial charge in [0.2, 0.25) is 11.8 Å². The van der Waals surface area contributed by atoms with Crippen molar-refractivity contribution < 1.29 is 9.59 Å². The minimum atomic E-state index is -0.226. The largest absolute Gasteiger partial charge is 0.369 e. The topological polar surface area (TPSA) is 75.4 Å².